The van der Waals surface area contributed by atoms with Crippen LogP contribution in [0.4, 0.5) is 5.69 Å². The molecule has 0 aliphatic rings. The number of rotatable bonds is 4. The second kappa shape index (κ2) is 4.50. The van der Waals surface area contributed by atoms with Crippen molar-refractivity contribution in [1.82, 2.24) is 0 Å². The van der Waals surface area contributed by atoms with Crippen molar-refractivity contribution >= 4 is 12.0 Å². The van der Waals surface area contributed by atoms with Crippen molar-refractivity contribution in [2.75, 3.05) is 0 Å². The molecule has 1 aromatic rings. The Bertz CT molecular complexity index is 360. The van der Waals surface area contributed by atoms with Gasteiger partial charge in [0, 0.05) is 18.1 Å². The van der Waals surface area contributed by atoms with E-state index in [0.717, 1.165) is 11.8 Å². The number of carbonyl (C=O) groups is 1. The molecule has 0 atom stereocenters. The van der Waals surface area contributed by atoms with Crippen LogP contribution >= 0.6 is 0 Å². The summed E-state index contributed by atoms with van der Waals surface area (Å²) >= 11 is 0. The summed E-state index contributed by atoms with van der Waals surface area (Å²) in [6.07, 6.45) is 1.94. The zero-order valence-corrected chi connectivity index (χ0v) is 7.90. The van der Waals surface area contributed by atoms with E-state index in [1.807, 2.05) is 0 Å². The van der Waals surface area contributed by atoms with E-state index in [1.54, 1.807) is 19.1 Å². The predicted octanol–water partition coefficient (Wildman–Crippen LogP) is 2.03. The molecule has 0 radical (unpaired) electrons. The van der Waals surface area contributed by atoms with Crippen LogP contribution in [0.5, 0.6) is 0 Å². The van der Waals surface area contributed by atoms with Crippen molar-refractivity contribution in [3.8, 4) is 0 Å². The highest BCUT2D eigenvalue weighted by Crippen LogP contribution is 2.19. The van der Waals surface area contributed by atoms with Crippen LogP contribution in [0.15, 0.2) is 18.2 Å². The number of nitro benzene ring substituents is 1. The van der Waals surface area contributed by atoms with Gasteiger partial charge in [0.1, 0.15) is 6.29 Å². The van der Waals surface area contributed by atoms with E-state index >= 15 is 0 Å². The molecule has 4 nitrogen and oxygen atoms in total. The number of carbonyl (C=O) groups excluding carboxylic acids is 1. The Morgan fingerprint density at radius 1 is 1.50 bits per heavy atom. The minimum absolute atomic E-state index is 0.125. The molecular formula is C10H11NO3. The molecule has 14 heavy (non-hydrogen) atoms. The Balaban J connectivity index is 2.88. The van der Waals surface area contributed by atoms with Gasteiger partial charge in [0.2, 0.25) is 0 Å². The Kier molecular flexibility index (Phi) is 3.34. The third kappa shape index (κ3) is 2.39. The molecule has 0 aliphatic carbocycles. The molecule has 0 saturated heterocycles. The van der Waals surface area contributed by atoms with Gasteiger partial charge in [-0.25, -0.2) is 0 Å². The Labute approximate surface area is 81.7 Å². The molecule has 0 heterocycles. The smallest absolute Gasteiger partial charge is 0.272 e. The van der Waals surface area contributed by atoms with Crippen LogP contribution < -0.4 is 0 Å². The summed E-state index contributed by atoms with van der Waals surface area (Å²) in [5.74, 6) is 0. The molecule has 0 unspecified atom stereocenters. The Morgan fingerprint density at radius 3 is 2.71 bits per heavy atom. The molecule has 0 aromatic heterocycles. The van der Waals surface area contributed by atoms with E-state index in [-0.39, 0.29) is 5.69 Å². The summed E-state index contributed by atoms with van der Waals surface area (Å²) in [6, 6.07) is 4.92. The van der Waals surface area contributed by atoms with Crippen LogP contribution in [0.2, 0.25) is 0 Å². The quantitative estimate of drug-likeness (QED) is 0.417. The van der Waals surface area contributed by atoms with Gasteiger partial charge in [0.15, 0.2) is 0 Å². The molecule has 1 aromatic carbocycles. The van der Waals surface area contributed by atoms with Gasteiger partial charge in [-0.15, -0.1) is 0 Å². The molecule has 0 spiro atoms. The van der Waals surface area contributed by atoms with Crippen molar-refractivity contribution in [2.45, 2.75) is 19.8 Å². The lowest BCUT2D eigenvalue weighted by atomic mass is 10.1. The minimum atomic E-state index is -0.404. The summed E-state index contributed by atoms with van der Waals surface area (Å²) in [4.78, 5) is 20.2. The van der Waals surface area contributed by atoms with E-state index in [0.29, 0.717) is 18.4 Å². The van der Waals surface area contributed by atoms with Gasteiger partial charge in [-0.05, 0) is 25.0 Å². The van der Waals surface area contributed by atoms with Gasteiger partial charge in [0.05, 0.1) is 4.92 Å². The number of aryl methyl sites for hydroxylation is 2. The Morgan fingerprint density at radius 2 is 2.21 bits per heavy atom. The summed E-state index contributed by atoms with van der Waals surface area (Å²) in [7, 11) is 0. The van der Waals surface area contributed by atoms with Crippen LogP contribution in [0.1, 0.15) is 17.5 Å². The predicted molar refractivity (Wildman–Crippen MR) is 52.2 cm³/mol. The molecule has 0 saturated carbocycles. The average molecular weight is 193 g/mol. The van der Waals surface area contributed by atoms with E-state index in [1.165, 1.54) is 6.07 Å². The first-order chi connectivity index (χ1) is 6.65. The fourth-order valence-electron chi connectivity index (χ4n) is 1.30. The number of hydrogen-bond acceptors (Lipinski definition) is 3. The first-order valence-electron chi connectivity index (χ1n) is 4.32. The van der Waals surface area contributed by atoms with E-state index in [9.17, 15) is 14.9 Å². The van der Waals surface area contributed by atoms with Gasteiger partial charge < -0.3 is 4.79 Å². The summed E-state index contributed by atoms with van der Waals surface area (Å²) in [5, 5.41) is 10.5. The molecule has 74 valence electrons. The third-order valence-electron chi connectivity index (χ3n) is 2.01. The summed E-state index contributed by atoms with van der Waals surface area (Å²) in [5.41, 5.74) is 1.72. The van der Waals surface area contributed by atoms with E-state index in [4.69, 9.17) is 0 Å². The highest BCUT2D eigenvalue weighted by atomic mass is 16.6. The van der Waals surface area contributed by atoms with Crippen LogP contribution in [-0.2, 0) is 11.2 Å². The van der Waals surface area contributed by atoms with Crippen molar-refractivity contribution in [1.29, 1.82) is 0 Å². The van der Waals surface area contributed by atoms with Crippen LogP contribution in [0.25, 0.3) is 0 Å². The molecule has 1 rings (SSSR count). The van der Waals surface area contributed by atoms with Crippen LogP contribution in [0.3, 0.4) is 0 Å². The highest BCUT2D eigenvalue weighted by molar-refractivity contribution is 5.50. The lowest BCUT2D eigenvalue weighted by Crippen LogP contribution is -1.93. The molecule has 0 aliphatic heterocycles. The summed E-state index contributed by atoms with van der Waals surface area (Å²) < 4.78 is 0. The van der Waals surface area contributed by atoms with Crippen molar-refractivity contribution in [2.24, 2.45) is 0 Å². The number of hydrogen-bond donors (Lipinski definition) is 0. The fourth-order valence-corrected chi connectivity index (χ4v) is 1.30. The first kappa shape index (κ1) is 10.4. The second-order valence-electron chi connectivity index (χ2n) is 3.08. The van der Waals surface area contributed by atoms with Crippen molar-refractivity contribution in [3.05, 3.63) is 39.4 Å². The Hall–Kier alpha value is -1.71. The standard InChI is InChI=1S/C10H11NO3/c1-8-7-9(3-2-6-12)4-5-10(8)11(13)14/h4-7H,2-3H2,1H3. The molecule has 0 bridgehead atoms. The van der Waals surface area contributed by atoms with Crippen molar-refractivity contribution in [3.63, 3.8) is 0 Å². The van der Waals surface area contributed by atoms with Gasteiger partial charge in [-0.1, -0.05) is 6.07 Å². The zero-order chi connectivity index (χ0) is 10.6. The maximum Gasteiger partial charge on any atom is 0.272 e. The monoisotopic (exact) mass is 193 g/mol. The number of nitro groups is 1. The highest BCUT2D eigenvalue weighted by Gasteiger charge is 2.09. The molecule has 4 heteroatoms. The molecular weight excluding hydrogens is 182 g/mol. The van der Waals surface area contributed by atoms with Crippen LogP contribution in [0, 0.1) is 17.0 Å². The normalized spacial score (nSPS) is 9.79. The largest absolute Gasteiger partial charge is 0.303 e. The van der Waals surface area contributed by atoms with Gasteiger partial charge in [-0.3, -0.25) is 10.1 Å². The van der Waals surface area contributed by atoms with Gasteiger partial charge >= 0.3 is 0 Å². The SMILES string of the molecule is Cc1cc(CCC=O)ccc1[N+](=O)[O-]. The lowest BCUT2D eigenvalue weighted by Gasteiger charge is -2.00. The maximum absolute atomic E-state index is 10.5. The van der Waals surface area contributed by atoms with E-state index in [2.05, 4.69) is 0 Å². The molecule has 0 fully saturated rings. The van der Waals surface area contributed by atoms with Gasteiger partial charge in [-0.2, -0.15) is 0 Å². The second-order valence-corrected chi connectivity index (χ2v) is 3.08. The summed E-state index contributed by atoms with van der Waals surface area (Å²) in [6.45, 7) is 1.70. The van der Waals surface area contributed by atoms with Gasteiger partial charge in [0.25, 0.3) is 5.69 Å². The first-order valence-corrected chi connectivity index (χ1v) is 4.32. The third-order valence-corrected chi connectivity index (χ3v) is 2.01. The van der Waals surface area contributed by atoms with Crippen molar-refractivity contribution < 1.29 is 9.72 Å². The van der Waals surface area contributed by atoms with Crippen LogP contribution in [-0.4, -0.2) is 11.2 Å². The number of benzene rings is 1. The molecule has 0 N–H and O–H groups in total. The number of aldehydes is 1. The minimum Gasteiger partial charge on any atom is -0.303 e. The topological polar surface area (TPSA) is 60.2 Å². The number of nitrogens with zero attached hydrogens (tertiary/aromatic N) is 1. The molecule has 0 amide bonds. The van der Waals surface area contributed by atoms with E-state index < -0.39 is 4.92 Å². The average Bonchev–Trinajstić information content (AvgIpc) is 2.14. The zero-order valence-electron chi connectivity index (χ0n) is 7.90. The fraction of sp³-hybridized carbons (Fsp3) is 0.300. The lowest BCUT2D eigenvalue weighted by molar-refractivity contribution is -0.385. The maximum atomic E-state index is 10.5.